The normalized spacial score (nSPS) is 10.9. The van der Waals surface area contributed by atoms with Crippen molar-refractivity contribution in [2.75, 3.05) is 0 Å². The smallest absolute Gasteiger partial charge is 0.407 e. The van der Waals surface area contributed by atoms with Gasteiger partial charge in [-0.05, 0) is 44.9 Å². The van der Waals surface area contributed by atoms with Crippen LogP contribution in [0.5, 0.6) is 5.75 Å². The molecular formula is C16H22ClNO5. The Labute approximate surface area is 141 Å². The summed E-state index contributed by atoms with van der Waals surface area (Å²) in [6, 6.07) is 3.23. The van der Waals surface area contributed by atoms with Crippen molar-refractivity contribution in [2.45, 2.75) is 53.2 Å². The molecule has 0 radical (unpaired) electrons. The summed E-state index contributed by atoms with van der Waals surface area (Å²) in [6.45, 7) is 8.62. The van der Waals surface area contributed by atoms with E-state index >= 15 is 0 Å². The van der Waals surface area contributed by atoms with E-state index in [1.165, 1.54) is 6.92 Å². The molecule has 0 spiro atoms. The lowest BCUT2D eigenvalue weighted by Crippen LogP contribution is -2.32. The van der Waals surface area contributed by atoms with Crippen molar-refractivity contribution in [1.82, 2.24) is 5.32 Å². The van der Waals surface area contributed by atoms with Crippen molar-refractivity contribution in [3.05, 3.63) is 28.3 Å². The Hall–Kier alpha value is -1.95. The molecule has 1 aromatic carbocycles. The van der Waals surface area contributed by atoms with Gasteiger partial charge in [-0.15, -0.1) is 0 Å². The highest BCUT2D eigenvalue weighted by Gasteiger charge is 2.19. The standard InChI is InChI=1S/C16H22ClNO5/c1-6-11-12(9-18-15(20)21-16(3,4)5)14(8-7-13(11)17)23-22-10(2)19/h7-8H,6,9H2,1-5H3,(H,18,20). The molecule has 128 valence electrons. The molecule has 0 heterocycles. The number of carbonyl (C=O) groups is 2. The van der Waals surface area contributed by atoms with E-state index < -0.39 is 17.7 Å². The van der Waals surface area contributed by atoms with Gasteiger partial charge in [-0.3, -0.25) is 9.78 Å². The first-order chi connectivity index (χ1) is 10.6. The van der Waals surface area contributed by atoms with Gasteiger partial charge < -0.3 is 10.1 Å². The largest absolute Gasteiger partial charge is 0.444 e. The van der Waals surface area contributed by atoms with Gasteiger partial charge in [0.1, 0.15) is 5.60 Å². The number of alkyl carbamates (subject to hydrolysis) is 1. The van der Waals surface area contributed by atoms with Crippen molar-refractivity contribution in [3.63, 3.8) is 0 Å². The number of hydrogen-bond acceptors (Lipinski definition) is 5. The van der Waals surface area contributed by atoms with E-state index in [4.69, 9.17) is 21.2 Å². The highest BCUT2D eigenvalue weighted by atomic mass is 35.5. The van der Waals surface area contributed by atoms with E-state index in [1.807, 2.05) is 6.92 Å². The summed E-state index contributed by atoms with van der Waals surface area (Å²) < 4.78 is 5.19. The second kappa shape index (κ2) is 8.06. The third-order valence-electron chi connectivity index (χ3n) is 2.74. The molecular weight excluding hydrogens is 322 g/mol. The predicted octanol–water partition coefficient (Wildman–Crippen LogP) is 3.78. The molecule has 0 fully saturated rings. The zero-order valence-electron chi connectivity index (χ0n) is 14.0. The summed E-state index contributed by atoms with van der Waals surface area (Å²) in [4.78, 5) is 32.3. The molecule has 0 saturated carbocycles. The van der Waals surface area contributed by atoms with Gasteiger partial charge in [0.2, 0.25) is 0 Å². The van der Waals surface area contributed by atoms with Gasteiger partial charge in [0, 0.05) is 17.5 Å². The van der Waals surface area contributed by atoms with E-state index in [0.29, 0.717) is 22.8 Å². The first-order valence-electron chi connectivity index (χ1n) is 7.26. The molecule has 0 bridgehead atoms. The zero-order chi connectivity index (χ0) is 17.6. The van der Waals surface area contributed by atoms with Crippen LogP contribution in [0.1, 0.15) is 45.7 Å². The number of halogens is 1. The van der Waals surface area contributed by atoms with E-state index in [0.717, 1.165) is 5.56 Å². The lowest BCUT2D eigenvalue weighted by atomic mass is 10.0. The molecule has 23 heavy (non-hydrogen) atoms. The minimum atomic E-state index is -0.594. The van der Waals surface area contributed by atoms with Crippen molar-refractivity contribution >= 4 is 23.7 Å². The van der Waals surface area contributed by atoms with Crippen molar-refractivity contribution in [1.29, 1.82) is 0 Å². The Morgan fingerprint density at radius 3 is 2.39 bits per heavy atom. The third kappa shape index (κ3) is 6.36. The highest BCUT2D eigenvalue weighted by molar-refractivity contribution is 6.31. The second-order valence-corrected chi connectivity index (χ2v) is 6.28. The van der Waals surface area contributed by atoms with Gasteiger partial charge in [-0.2, -0.15) is 0 Å². The summed E-state index contributed by atoms with van der Waals surface area (Å²) in [5.41, 5.74) is 0.836. The molecule has 0 aliphatic rings. The Morgan fingerprint density at radius 1 is 1.22 bits per heavy atom. The van der Waals surface area contributed by atoms with Crippen LogP contribution >= 0.6 is 11.6 Å². The maximum atomic E-state index is 11.8. The molecule has 1 amide bonds. The SMILES string of the molecule is CCc1c(Cl)ccc(OOC(C)=O)c1CNC(=O)OC(C)(C)C. The molecule has 0 saturated heterocycles. The monoisotopic (exact) mass is 343 g/mol. The molecule has 1 N–H and O–H groups in total. The van der Waals surface area contributed by atoms with Gasteiger partial charge in [-0.1, -0.05) is 18.5 Å². The van der Waals surface area contributed by atoms with Gasteiger partial charge in [0.15, 0.2) is 5.75 Å². The summed E-state index contributed by atoms with van der Waals surface area (Å²) >= 11 is 6.18. The van der Waals surface area contributed by atoms with Gasteiger partial charge in [0.05, 0.1) is 6.54 Å². The number of nitrogens with one attached hydrogen (secondary N) is 1. The van der Waals surface area contributed by atoms with Crippen LogP contribution in [0.2, 0.25) is 5.02 Å². The molecule has 1 rings (SSSR count). The van der Waals surface area contributed by atoms with Gasteiger partial charge >= 0.3 is 12.1 Å². The number of ether oxygens (including phenoxy) is 1. The van der Waals surface area contributed by atoms with Gasteiger partial charge in [0.25, 0.3) is 0 Å². The molecule has 0 atom stereocenters. The van der Waals surface area contributed by atoms with E-state index in [2.05, 4.69) is 10.2 Å². The predicted molar refractivity (Wildman–Crippen MR) is 86.3 cm³/mol. The fourth-order valence-electron chi connectivity index (χ4n) is 1.88. The number of benzene rings is 1. The highest BCUT2D eigenvalue weighted by Crippen LogP contribution is 2.29. The molecule has 0 aliphatic heterocycles. The van der Waals surface area contributed by atoms with E-state index in [9.17, 15) is 9.59 Å². The van der Waals surface area contributed by atoms with Crippen molar-refractivity contribution in [2.24, 2.45) is 0 Å². The molecule has 1 aromatic rings. The second-order valence-electron chi connectivity index (χ2n) is 5.87. The summed E-state index contributed by atoms with van der Waals surface area (Å²) in [5.74, 6) is -0.262. The number of amides is 1. The van der Waals surface area contributed by atoms with Crippen LogP contribution in [-0.4, -0.2) is 17.7 Å². The van der Waals surface area contributed by atoms with Crippen LogP contribution < -0.4 is 10.2 Å². The minimum absolute atomic E-state index is 0.134. The van der Waals surface area contributed by atoms with Crippen LogP contribution in [0.25, 0.3) is 0 Å². The van der Waals surface area contributed by atoms with Crippen molar-refractivity contribution < 1.29 is 24.1 Å². The average molecular weight is 344 g/mol. The lowest BCUT2D eigenvalue weighted by molar-refractivity contribution is -0.211. The Balaban J connectivity index is 2.94. The summed E-state index contributed by atoms with van der Waals surface area (Å²) in [6.07, 6.45) is 0.0690. The lowest BCUT2D eigenvalue weighted by Gasteiger charge is -2.20. The quantitative estimate of drug-likeness (QED) is 0.650. The van der Waals surface area contributed by atoms with E-state index in [1.54, 1.807) is 32.9 Å². The number of rotatable bonds is 5. The number of hydrogen-bond donors (Lipinski definition) is 1. The fourth-order valence-corrected chi connectivity index (χ4v) is 2.19. The molecule has 6 nitrogen and oxygen atoms in total. The molecule has 0 unspecified atom stereocenters. The van der Waals surface area contributed by atoms with E-state index in [-0.39, 0.29) is 6.54 Å². The van der Waals surface area contributed by atoms with Crippen LogP contribution in [0, 0.1) is 0 Å². The van der Waals surface area contributed by atoms with Crippen LogP contribution in [0.15, 0.2) is 12.1 Å². The zero-order valence-corrected chi connectivity index (χ0v) is 14.7. The first kappa shape index (κ1) is 19.1. The first-order valence-corrected chi connectivity index (χ1v) is 7.64. The van der Waals surface area contributed by atoms with Gasteiger partial charge in [-0.25, -0.2) is 9.59 Å². The third-order valence-corrected chi connectivity index (χ3v) is 3.10. The van der Waals surface area contributed by atoms with Crippen LogP contribution in [0.3, 0.4) is 0 Å². The Morgan fingerprint density at radius 2 is 1.87 bits per heavy atom. The molecule has 0 aromatic heterocycles. The Bertz CT molecular complexity index is 581. The average Bonchev–Trinajstić information content (AvgIpc) is 2.41. The van der Waals surface area contributed by atoms with Crippen molar-refractivity contribution in [3.8, 4) is 5.75 Å². The number of carbonyl (C=O) groups excluding carboxylic acids is 2. The maximum absolute atomic E-state index is 11.8. The molecule has 7 heteroatoms. The maximum Gasteiger partial charge on any atom is 0.407 e. The Kier molecular flexibility index (Phi) is 6.69. The summed E-state index contributed by atoms with van der Waals surface area (Å²) in [5, 5.41) is 3.19. The summed E-state index contributed by atoms with van der Waals surface area (Å²) in [7, 11) is 0. The van der Waals surface area contributed by atoms with Crippen LogP contribution in [-0.2, 0) is 27.4 Å². The topological polar surface area (TPSA) is 73.9 Å². The minimum Gasteiger partial charge on any atom is -0.444 e. The molecule has 0 aliphatic carbocycles. The van der Waals surface area contributed by atoms with Crippen LogP contribution in [0.4, 0.5) is 4.79 Å². The fraction of sp³-hybridized carbons (Fsp3) is 0.500.